The van der Waals surface area contributed by atoms with Gasteiger partial charge in [-0.25, -0.2) is 13.1 Å². The lowest BCUT2D eigenvalue weighted by Crippen LogP contribution is -2.33. The molecule has 6 heteroatoms. The second-order valence-electron chi connectivity index (χ2n) is 4.39. The first kappa shape index (κ1) is 15.6. The summed E-state index contributed by atoms with van der Waals surface area (Å²) in [5.41, 5.74) is 1.13. The molecule has 0 bridgehead atoms. The van der Waals surface area contributed by atoms with Crippen molar-refractivity contribution in [3.63, 3.8) is 0 Å². The highest BCUT2D eigenvalue weighted by molar-refractivity contribution is 7.89. The van der Waals surface area contributed by atoms with Crippen LogP contribution in [0.3, 0.4) is 0 Å². The summed E-state index contributed by atoms with van der Waals surface area (Å²) in [5, 5.41) is 8.83. The van der Waals surface area contributed by atoms with Crippen LogP contribution >= 0.6 is 0 Å². The monoisotopic (exact) mass is 282 g/mol. The van der Waals surface area contributed by atoms with Crippen molar-refractivity contribution >= 4 is 10.0 Å². The Bertz CT molecular complexity index is 576. The molecule has 1 rings (SSSR count). The number of hydrogen-bond acceptors (Lipinski definition) is 4. The third-order valence-electron chi connectivity index (χ3n) is 2.74. The number of nitrogens with zero attached hydrogens (tertiary/aromatic N) is 1. The smallest absolute Gasteiger partial charge is 0.240 e. The first-order valence-corrected chi connectivity index (χ1v) is 7.41. The van der Waals surface area contributed by atoms with Gasteiger partial charge in [0.1, 0.15) is 0 Å². The summed E-state index contributed by atoms with van der Waals surface area (Å²) in [6.07, 6.45) is 0.602. The maximum absolute atomic E-state index is 12.1. The molecule has 0 heterocycles. The molecule has 0 radical (unpaired) electrons. The van der Waals surface area contributed by atoms with Crippen LogP contribution in [0.5, 0.6) is 0 Å². The lowest BCUT2D eigenvalue weighted by atomic mass is 10.1. The third kappa shape index (κ3) is 4.31. The summed E-state index contributed by atoms with van der Waals surface area (Å²) in [6, 6.07) is 6.27. The average molecular weight is 282 g/mol. The second-order valence-corrected chi connectivity index (χ2v) is 6.11. The molecule has 1 atom stereocenters. The van der Waals surface area contributed by atoms with Gasteiger partial charge in [-0.3, -0.25) is 0 Å². The van der Waals surface area contributed by atoms with E-state index in [2.05, 4.69) is 4.72 Å². The number of benzene rings is 1. The zero-order valence-electron chi connectivity index (χ0n) is 11.3. The Morgan fingerprint density at radius 2 is 2.16 bits per heavy atom. The summed E-state index contributed by atoms with van der Waals surface area (Å²) in [4.78, 5) is 0.174. The van der Waals surface area contributed by atoms with E-state index in [1.54, 1.807) is 21.0 Å². The Labute approximate surface area is 114 Å². The molecular formula is C13H18N2O3S. The Morgan fingerprint density at radius 3 is 2.68 bits per heavy atom. The van der Waals surface area contributed by atoms with Crippen LogP contribution in [0.25, 0.3) is 0 Å². The molecule has 0 saturated heterocycles. The molecule has 0 spiro atoms. The molecule has 0 saturated carbocycles. The zero-order valence-corrected chi connectivity index (χ0v) is 12.1. The molecule has 0 aliphatic heterocycles. The highest BCUT2D eigenvalue weighted by Crippen LogP contribution is 2.15. The number of nitriles is 1. The normalized spacial score (nSPS) is 12.9. The number of aryl methyl sites for hydroxylation is 1. The number of methoxy groups -OCH3 is 1. The lowest BCUT2D eigenvalue weighted by molar-refractivity contribution is 0.188. The number of nitrogens with one attached hydrogen (secondary N) is 1. The molecule has 0 amide bonds. The van der Waals surface area contributed by atoms with Crippen molar-refractivity contribution in [2.24, 2.45) is 0 Å². The fourth-order valence-electron chi connectivity index (χ4n) is 1.62. The van der Waals surface area contributed by atoms with Gasteiger partial charge in [-0.05, 0) is 44.0 Å². The van der Waals surface area contributed by atoms with Gasteiger partial charge < -0.3 is 4.74 Å². The van der Waals surface area contributed by atoms with Crippen molar-refractivity contribution in [1.82, 2.24) is 4.72 Å². The number of rotatable bonds is 6. The van der Waals surface area contributed by atoms with Gasteiger partial charge in [-0.2, -0.15) is 5.26 Å². The molecule has 1 aromatic carbocycles. The highest BCUT2D eigenvalue weighted by Gasteiger charge is 2.17. The standard InChI is InChI=1S/C13H18N2O3S/c1-10-8-13(5-4-12(10)9-14)19(16,17)15-11(2)6-7-18-3/h4-5,8,11,15H,6-7H2,1-3H3. The van der Waals surface area contributed by atoms with Gasteiger partial charge in [-0.1, -0.05) is 0 Å². The molecule has 1 unspecified atom stereocenters. The SMILES string of the molecule is COCCC(C)NS(=O)(=O)c1ccc(C#N)c(C)c1. The van der Waals surface area contributed by atoms with Crippen LogP contribution in [0.1, 0.15) is 24.5 Å². The number of hydrogen-bond donors (Lipinski definition) is 1. The fraction of sp³-hybridized carbons (Fsp3) is 0.462. The molecule has 0 aliphatic carbocycles. The van der Waals surface area contributed by atoms with Gasteiger partial charge in [0.05, 0.1) is 16.5 Å². The molecule has 0 aromatic heterocycles. The van der Waals surface area contributed by atoms with Crippen molar-refractivity contribution in [2.45, 2.75) is 31.2 Å². The van der Waals surface area contributed by atoms with Crippen LogP contribution in [-0.2, 0) is 14.8 Å². The van der Waals surface area contributed by atoms with Crippen LogP contribution in [0.4, 0.5) is 0 Å². The minimum atomic E-state index is -3.55. The first-order chi connectivity index (χ1) is 8.90. The van der Waals surface area contributed by atoms with Crippen LogP contribution in [-0.4, -0.2) is 28.2 Å². The summed E-state index contributed by atoms with van der Waals surface area (Å²) in [7, 11) is -1.98. The van der Waals surface area contributed by atoms with Gasteiger partial charge >= 0.3 is 0 Å². The van der Waals surface area contributed by atoms with E-state index in [-0.39, 0.29) is 10.9 Å². The molecule has 5 nitrogen and oxygen atoms in total. The largest absolute Gasteiger partial charge is 0.385 e. The predicted octanol–water partition coefficient (Wildman–Crippen LogP) is 1.57. The van der Waals surface area contributed by atoms with Gasteiger partial charge in [0, 0.05) is 19.8 Å². The van der Waals surface area contributed by atoms with Crippen LogP contribution in [0, 0.1) is 18.3 Å². The maximum Gasteiger partial charge on any atom is 0.240 e. The minimum absolute atomic E-state index is 0.174. The number of sulfonamides is 1. The molecule has 19 heavy (non-hydrogen) atoms. The average Bonchev–Trinajstić information content (AvgIpc) is 2.35. The summed E-state index contributed by atoms with van der Waals surface area (Å²) < 4.78 is 31.7. The zero-order chi connectivity index (χ0) is 14.5. The highest BCUT2D eigenvalue weighted by atomic mass is 32.2. The molecule has 1 N–H and O–H groups in total. The van der Waals surface area contributed by atoms with Crippen LogP contribution in [0.2, 0.25) is 0 Å². The molecule has 1 aromatic rings. The van der Waals surface area contributed by atoms with E-state index in [0.717, 1.165) is 0 Å². The van der Waals surface area contributed by atoms with Crippen molar-refractivity contribution in [2.75, 3.05) is 13.7 Å². The van der Waals surface area contributed by atoms with Crippen molar-refractivity contribution in [3.8, 4) is 6.07 Å². The maximum atomic E-state index is 12.1. The minimum Gasteiger partial charge on any atom is -0.385 e. The Balaban J connectivity index is 2.89. The van der Waals surface area contributed by atoms with E-state index < -0.39 is 10.0 Å². The fourth-order valence-corrected chi connectivity index (χ4v) is 2.98. The van der Waals surface area contributed by atoms with Gasteiger partial charge in [-0.15, -0.1) is 0 Å². The summed E-state index contributed by atoms with van der Waals surface area (Å²) in [6.45, 7) is 4.00. The molecule has 104 valence electrons. The predicted molar refractivity (Wildman–Crippen MR) is 72.2 cm³/mol. The van der Waals surface area contributed by atoms with E-state index in [4.69, 9.17) is 10.00 Å². The van der Waals surface area contributed by atoms with Gasteiger partial charge in [0.25, 0.3) is 0 Å². The molecule has 0 fully saturated rings. The summed E-state index contributed by atoms with van der Waals surface area (Å²) in [5.74, 6) is 0. The quantitative estimate of drug-likeness (QED) is 0.859. The molecular weight excluding hydrogens is 264 g/mol. The van der Waals surface area contributed by atoms with Crippen LogP contribution < -0.4 is 4.72 Å². The number of ether oxygens (including phenoxy) is 1. The lowest BCUT2D eigenvalue weighted by Gasteiger charge is -2.14. The van der Waals surface area contributed by atoms with Gasteiger partial charge in [0.2, 0.25) is 10.0 Å². The summed E-state index contributed by atoms with van der Waals surface area (Å²) >= 11 is 0. The molecule has 0 aliphatic rings. The van der Waals surface area contributed by atoms with Crippen LogP contribution in [0.15, 0.2) is 23.1 Å². The van der Waals surface area contributed by atoms with Gasteiger partial charge in [0.15, 0.2) is 0 Å². The van der Waals surface area contributed by atoms with E-state index in [9.17, 15) is 8.42 Å². The van der Waals surface area contributed by atoms with Crippen molar-refractivity contribution < 1.29 is 13.2 Å². The van der Waals surface area contributed by atoms with E-state index in [0.29, 0.717) is 24.2 Å². The Hall–Kier alpha value is -1.42. The van der Waals surface area contributed by atoms with Crippen molar-refractivity contribution in [3.05, 3.63) is 29.3 Å². The first-order valence-electron chi connectivity index (χ1n) is 5.92. The topological polar surface area (TPSA) is 79.2 Å². The second kappa shape index (κ2) is 6.66. The Kier molecular flexibility index (Phi) is 5.48. The van der Waals surface area contributed by atoms with E-state index in [1.807, 2.05) is 6.07 Å². The third-order valence-corrected chi connectivity index (χ3v) is 4.33. The van der Waals surface area contributed by atoms with E-state index in [1.165, 1.54) is 18.2 Å². The Morgan fingerprint density at radius 1 is 1.47 bits per heavy atom. The van der Waals surface area contributed by atoms with E-state index >= 15 is 0 Å². The van der Waals surface area contributed by atoms with Crippen molar-refractivity contribution in [1.29, 1.82) is 5.26 Å².